The van der Waals surface area contributed by atoms with Crippen molar-refractivity contribution in [3.63, 3.8) is 0 Å². The van der Waals surface area contributed by atoms with E-state index in [1.807, 2.05) is 0 Å². The minimum Gasteiger partial charge on any atom is -0.364 e. The molecule has 1 amide bonds. The van der Waals surface area contributed by atoms with E-state index in [4.69, 9.17) is 14.6 Å². The van der Waals surface area contributed by atoms with Gasteiger partial charge in [-0.15, -0.1) is 0 Å². The van der Waals surface area contributed by atoms with E-state index in [0.29, 0.717) is 0 Å². The Kier molecular flexibility index (Phi) is 1.49. The topological polar surface area (TPSA) is 67.9 Å². The molecule has 1 atom stereocenters. The molecule has 1 aliphatic heterocycles. The lowest BCUT2D eigenvalue weighted by Crippen LogP contribution is -2.34. The molecule has 0 aromatic carbocycles. The lowest BCUT2D eigenvalue weighted by Gasteiger charge is -2.24. The van der Waals surface area contributed by atoms with Crippen LogP contribution in [-0.4, -0.2) is 37.3 Å². The molecule has 2 N–H and O–H groups in total. The average molecular weight is 172 g/mol. The molecule has 5 nitrogen and oxygen atoms in total. The molecule has 0 spiro atoms. The number of nitrogens with zero attached hydrogens (tertiary/aromatic N) is 2. The van der Waals surface area contributed by atoms with Crippen molar-refractivity contribution >= 4 is 12.1 Å². The highest BCUT2D eigenvalue weighted by molar-refractivity contribution is 5.93. The monoisotopic (exact) mass is 172 g/mol. The van der Waals surface area contributed by atoms with Crippen LogP contribution in [0.1, 0.15) is 4.11 Å². The Bertz CT molecular complexity index is 324. The highest BCUT2D eigenvalue weighted by Gasteiger charge is 2.15. The van der Waals surface area contributed by atoms with Gasteiger partial charge in [0.25, 0.3) is 5.91 Å². The third kappa shape index (κ3) is 1.62. The number of carbonyl (C=O) groups excluding carboxylic acids is 1. The van der Waals surface area contributed by atoms with E-state index in [0.717, 1.165) is 0 Å². The van der Waals surface area contributed by atoms with Crippen LogP contribution in [0, 0.1) is 0 Å². The van der Waals surface area contributed by atoms with E-state index in [9.17, 15) is 4.79 Å². The fourth-order valence-electron chi connectivity index (χ4n) is 0.790. The van der Waals surface area contributed by atoms with Gasteiger partial charge < -0.3 is 15.4 Å². The van der Waals surface area contributed by atoms with Crippen LogP contribution in [0.15, 0.2) is 16.9 Å². The minimum absolute atomic E-state index is 0.0582. The highest BCUT2D eigenvalue weighted by Crippen LogP contribution is 2.07. The molecular weight excluding hydrogens is 158 g/mol. The van der Waals surface area contributed by atoms with Gasteiger partial charge in [0.2, 0.25) is 0 Å². The molecule has 1 rings (SSSR count). The Morgan fingerprint density at radius 1 is 2.00 bits per heavy atom. The number of rotatable bonds is 2. The number of primary amides is 1. The summed E-state index contributed by atoms with van der Waals surface area (Å²) in [5, 5.41) is 0. The molecule has 0 aromatic rings. The third-order valence-corrected chi connectivity index (χ3v) is 1.44. The van der Waals surface area contributed by atoms with E-state index >= 15 is 0 Å². The van der Waals surface area contributed by atoms with Gasteiger partial charge in [0.1, 0.15) is 5.70 Å². The van der Waals surface area contributed by atoms with Crippen LogP contribution in [-0.2, 0) is 9.53 Å². The van der Waals surface area contributed by atoms with Crippen molar-refractivity contribution in [2.75, 3.05) is 14.1 Å². The van der Waals surface area contributed by atoms with Crippen LogP contribution in [0.25, 0.3) is 0 Å². The molecule has 0 bridgehead atoms. The normalized spacial score (nSPS) is 27.1. The molecular formula is C7H11N3O2. The molecule has 0 aliphatic carbocycles. The number of methoxy groups -OCH3 is 1. The molecule has 1 heterocycles. The summed E-state index contributed by atoms with van der Waals surface area (Å²) in [6.07, 6.45) is 1.73. The van der Waals surface area contributed by atoms with Crippen LogP contribution >= 0.6 is 0 Å². The molecule has 0 radical (unpaired) electrons. The second-order valence-electron chi connectivity index (χ2n) is 2.33. The number of ether oxygens (including phenoxy) is 1. The molecule has 1 aliphatic rings. The van der Waals surface area contributed by atoms with Crippen molar-refractivity contribution in [1.29, 1.82) is 0 Å². The van der Waals surface area contributed by atoms with E-state index in [1.165, 1.54) is 17.3 Å². The summed E-state index contributed by atoms with van der Waals surface area (Å²) in [6.45, 7) is 0. The predicted octanol–water partition coefficient (Wildman–Crippen LogP) is -0.698. The molecule has 12 heavy (non-hydrogen) atoms. The number of aliphatic imine (C=N–C) groups is 1. The zero-order valence-corrected chi connectivity index (χ0v) is 6.52. The van der Waals surface area contributed by atoms with Crippen molar-refractivity contribution in [3.8, 4) is 0 Å². The van der Waals surface area contributed by atoms with Gasteiger partial charge in [0.05, 0.1) is 10.3 Å². The molecule has 66 valence electrons. The first-order valence-electron chi connectivity index (χ1n) is 4.75. The number of nitrogens with two attached hydrogens (primary N) is 1. The van der Waals surface area contributed by atoms with Gasteiger partial charge in [-0.1, -0.05) is 0 Å². The fraction of sp³-hybridized carbons (Fsp3) is 0.429. The Hall–Kier alpha value is -1.36. The second-order valence-corrected chi connectivity index (χ2v) is 2.33. The maximum absolute atomic E-state index is 10.8. The lowest BCUT2D eigenvalue weighted by atomic mass is 10.3. The maximum Gasteiger partial charge on any atom is 0.268 e. The summed E-state index contributed by atoms with van der Waals surface area (Å²) in [6, 6.07) is 0. The van der Waals surface area contributed by atoms with Gasteiger partial charge in [-0.2, -0.15) is 0 Å². The van der Waals surface area contributed by atoms with Gasteiger partial charge in [0, 0.05) is 20.3 Å². The van der Waals surface area contributed by atoms with Crippen molar-refractivity contribution in [2.45, 2.75) is 6.23 Å². The quantitative estimate of drug-likeness (QED) is 0.599. The van der Waals surface area contributed by atoms with E-state index in [1.54, 1.807) is 7.05 Å². The summed E-state index contributed by atoms with van der Waals surface area (Å²) in [4.78, 5) is 15.8. The first kappa shape index (κ1) is 5.31. The number of amides is 1. The van der Waals surface area contributed by atoms with E-state index < -0.39 is 19.2 Å². The average Bonchev–Trinajstić information content (AvgIpc) is 2.05. The summed E-state index contributed by atoms with van der Waals surface area (Å²) in [5.41, 5.74) is 5.06. The zero-order valence-electron chi connectivity index (χ0n) is 9.52. The zero-order chi connectivity index (χ0) is 11.6. The summed E-state index contributed by atoms with van der Waals surface area (Å²) in [5.74, 6) is -0.676. The van der Waals surface area contributed by atoms with Gasteiger partial charge in [0.15, 0.2) is 6.23 Å². The summed E-state index contributed by atoms with van der Waals surface area (Å²) in [7, 11) is -0.951. The molecule has 0 aromatic heterocycles. The first-order valence-corrected chi connectivity index (χ1v) is 3.25. The van der Waals surface area contributed by atoms with E-state index in [2.05, 4.69) is 4.99 Å². The predicted molar refractivity (Wildman–Crippen MR) is 44.3 cm³/mol. The highest BCUT2D eigenvalue weighted by atomic mass is 16.5. The Morgan fingerprint density at radius 3 is 3.25 bits per heavy atom. The SMILES string of the molecule is [2H]C([2H])([2H])OC1C=NC(C(N)=O)=CN1C. The van der Waals surface area contributed by atoms with Gasteiger partial charge >= 0.3 is 0 Å². The standard InChI is InChI=1S/C7H11N3O2/c1-10-4-5(7(8)11)9-3-6(10)12-2/h3-4,6H,1-2H3,(H2,8,11)/i2D3. The number of hydrogen-bond donors (Lipinski definition) is 1. The Balaban J connectivity index is 2.70. The largest absolute Gasteiger partial charge is 0.364 e. The van der Waals surface area contributed by atoms with Gasteiger partial charge in [-0.05, 0) is 0 Å². The molecule has 0 fully saturated rings. The van der Waals surface area contributed by atoms with Crippen LogP contribution in [0.3, 0.4) is 0 Å². The molecule has 0 saturated heterocycles. The second kappa shape index (κ2) is 3.36. The third-order valence-electron chi connectivity index (χ3n) is 1.44. The van der Waals surface area contributed by atoms with Crippen molar-refractivity contribution in [1.82, 2.24) is 4.90 Å². The van der Waals surface area contributed by atoms with Gasteiger partial charge in [-0.25, -0.2) is 4.99 Å². The minimum atomic E-state index is -2.51. The van der Waals surface area contributed by atoms with Crippen LogP contribution in [0.4, 0.5) is 0 Å². The fourth-order valence-corrected chi connectivity index (χ4v) is 0.790. The summed E-state index contributed by atoms with van der Waals surface area (Å²) >= 11 is 0. The van der Waals surface area contributed by atoms with Crippen LogP contribution in [0.2, 0.25) is 0 Å². The van der Waals surface area contributed by atoms with Crippen molar-refractivity contribution < 1.29 is 13.6 Å². The molecule has 1 unspecified atom stereocenters. The lowest BCUT2D eigenvalue weighted by molar-refractivity contribution is -0.114. The Labute approximate surface area is 74.7 Å². The van der Waals surface area contributed by atoms with Crippen molar-refractivity contribution in [3.05, 3.63) is 11.9 Å². The smallest absolute Gasteiger partial charge is 0.268 e. The van der Waals surface area contributed by atoms with E-state index in [-0.39, 0.29) is 5.70 Å². The summed E-state index contributed by atoms with van der Waals surface area (Å²) < 4.78 is 25.4. The Morgan fingerprint density at radius 2 is 2.75 bits per heavy atom. The molecule has 5 heteroatoms. The van der Waals surface area contributed by atoms with Crippen LogP contribution < -0.4 is 5.73 Å². The van der Waals surface area contributed by atoms with Crippen molar-refractivity contribution in [2.24, 2.45) is 10.7 Å². The number of hydrogen-bond acceptors (Lipinski definition) is 4. The molecule has 0 saturated carbocycles. The number of carbonyl (C=O) groups is 1. The van der Waals surface area contributed by atoms with Gasteiger partial charge in [-0.3, -0.25) is 4.79 Å². The first-order chi connectivity index (χ1) is 6.79. The van der Waals surface area contributed by atoms with Crippen LogP contribution in [0.5, 0.6) is 0 Å². The maximum atomic E-state index is 10.8.